The number of hydrogen-bond acceptors (Lipinski definition) is 6. The SMILES string of the molecule is CN1CCN(c2noc(-c3ccc(O)cc3F)n2)CC1. The predicted octanol–water partition coefficient (Wildman–Crippen LogP) is 1.33. The van der Waals surface area contributed by atoms with Gasteiger partial charge in [0.05, 0.1) is 5.56 Å². The molecule has 1 N–H and O–H groups in total. The number of benzene rings is 1. The van der Waals surface area contributed by atoms with E-state index in [-0.39, 0.29) is 17.2 Å². The Hall–Kier alpha value is -2.15. The van der Waals surface area contributed by atoms with Crippen LogP contribution in [0.25, 0.3) is 11.5 Å². The Labute approximate surface area is 115 Å². The molecule has 2 heterocycles. The van der Waals surface area contributed by atoms with E-state index in [1.54, 1.807) is 0 Å². The number of nitrogens with zero attached hydrogens (tertiary/aromatic N) is 4. The molecule has 2 aromatic rings. The first-order valence-corrected chi connectivity index (χ1v) is 6.39. The lowest BCUT2D eigenvalue weighted by molar-refractivity contribution is 0.309. The standard InChI is InChI=1S/C13H15FN4O2/c1-17-4-6-18(7-5-17)13-15-12(20-16-13)10-3-2-9(19)8-11(10)14/h2-3,8,19H,4-7H2,1H3. The van der Waals surface area contributed by atoms with E-state index in [1.165, 1.54) is 12.1 Å². The van der Waals surface area contributed by atoms with Crippen molar-refractivity contribution in [2.75, 3.05) is 38.1 Å². The molecule has 6 nitrogen and oxygen atoms in total. The summed E-state index contributed by atoms with van der Waals surface area (Å²) in [5.74, 6) is -0.124. The highest BCUT2D eigenvalue weighted by atomic mass is 19.1. The van der Waals surface area contributed by atoms with E-state index in [2.05, 4.69) is 22.1 Å². The summed E-state index contributed by atoms with van der Waals surface area (Å²) in [6.45, 7) is 3.48. The molecular formula is C13H15FN4O2. The van der Waals surface area contributed by atoms with Crippen molar-refractivity contribution in [1.82, 2.24) is 15.0 Å². The lowest BCUT2D eigenvalue weighted by atomic mass is 10.2. The second kappa shape index (κ2) is 5.09. The van der Waals surface area contributed by atoms with E-state index in [0.717, 1.165) is 32.2 Å². The van der Waals surface area contributed by atoms with Gasteiger partial charge in [0.15, 0.2) is 0 Å². The first-order valence-electron chi connectivity index (χ1n) is 6.39. The number of aromatic nitrogens is 2. The van der Waals surface area contributed by atoms with E-state index in [1.807, 2.05) is 4.90 Å². The van der Waals surface area contributed by atoms with Gasteiger partial charge in [0, 0.05) is 32.2 Å². The fraction of sp³-hybridized carbons (Fsp3) is 0.385. The summed E-state index contributed by atoms with van der Waals surface area (Å²) in [6, 6.07) is 3.83. The van der Waals surface area contributed by atoms with Crippen molar-refractivity contribution in [3.63, 3.8) is 0 Å². The summed E-state index contributed by atoms with van der Waals surface area (Å²) in [4.78, 5) is 8.45. The van der Waals surface area contributed by atoms with E-state index in [4.69, 9.17) is 4.52 Å². The summed E-state index contributed by atoms with van der Waals surface area (Å²) in [5, 5.41) is 13.1. The number of likely N-dealkylation sites (N-methyl/N-ethyl adjacent to an activating group) is 1. The number of anilines is 1. The molecule has 3 rings (SSSR count). The third-order valence-electron chi connectivity index (χ3n) is 3.38. The minimum atomic E-state index is -0.585. The van der Waals surface area contributed by atoms with Crippen LogP contribution >= 0.6 is 0 Å². The van der Waals surface area contributed by atoms with Crippen LogP contribution in [0.1, 0.15) is 0 Å². The van der Waals surface area contributed by atoms with Crippen molar-refractivity contribution in [3.05, 3.63) is 24.0 Å². The second-order valence-corrected chi connectivity index (χ2v) is 4.85. The third kappa shape index (κ3) is 2.44. The van der Waals surface area contributed by atoms with Gasteiger partial charge < -0.3 is 19.4 Å². The Morgan fingerprint density at radius 1 is 1.25 bits per heavy atom. The highest BCUT2D eigenvalue weighted by Gasteiger charge is 2.20. The Bertz CT molecular complexity index is 608. The van der Waals surface area contributed by atoms with Crippen LogP contribution in [0.5, 0.6) is 5.75 Å². The molecule has 7 heteroatoms. The van der Waals surface area contributed by atoms with Crippen molar-refractivity contribution in [3.8, 4) is 17.2 Å². The molecule has 1 fully saturated rings. The van der Waals surface area contributed by atoms with E-state index < -0.39 is 5.82 Å². The maximum absolute atomic E-state index is 13.7. The molecule has 0 spiro atoms. The molecule has 1 aromatic heterocycles. The zero-order valence-electron chi connectivity index (χ0n) is 11.1. The fourth-order valence-electron chi connectivity index (χ4n) is 2.14. The Kier molecular flexibility index (Phi) is 3.27. The number of rotatable bonds is 2. The number of phenolic OH excluding ortho intramolecular Hbond substituents is 1. The number of piperazine rings is 1. The summed E-state index contributed by atoms with van der Waals surface area (Å²) in [7, 11) is 2.06. The summed E-state index contributed by atoms with van der Waals surface area (Å²) in [6.07, 6.45) is 0. The van der Waals surface area contributed by atoms with E-state index >= 15 is 0 Å². The molecule has 0 amide bonds. The topological polar surface area (TPSA) is 65.6 Å². The van der Waals surface area contributed by atoms with Gasteiger partial charge in [-0.25, -0.2) is 4.39 Å². The van der Waals surface area contributed by atoms with Crippen molar-refractivity contribution >= 4 is 5.95 Å². The normalized spacial score (nSPS) is 16.6. The Morgan fingerprint density at radius 3 is 2.70 bits per heavy atom. The fourth-order valence-corrected chi connectivity index (χ4v) is 2.14. The third-order valence-corrected chi connectivity index (χ3v) is 3.38. The first-order chi connectivity index (χ1) is 9.63. The maximum Gasteiger partial charge on any atom is 0.266 e. The van der Waals surface area contributed by atoms with Gasteiger partial charge in [0.2, 0.25) is 0 Å². The molecule has 0 radical (unpaired) electrons. The number of aromatic hydroxyl groups is 1. The van der Waals surface area contributed by atoms with Crippen LogP contribution in [0.3, 0.4) is 0 Å². The molecule has 1 aromatic carbocycles. The van der Waals surface area contributed by atoms with Crippen LogP contribution in [0.15, 0.2) is 22.7 Å². The molecule has 0 atom stereocenters. The molecule has 20 heavy (non-hydrogen) atoms. The minimum Gasteiger partial charge on any atom is -0.508 e. The number of hydrogen-bond donors (Lipinski definition) is 1. The lowest BCUT2D eigenvalue weighted by Gasteiger charge is -2.31. The average molecular weight is 278 g/mol. The van der Waals surface area contributed by atoms with E-state index in [0.29, 0.717) is 5.95 Å². The number of halogens is 1. The van der Waals surface area contributed by atoms with Crippen LogP contribution in [0.4, 0.5) is 10.3 Å². The first kappa shape index (κ1) is 12.9. The van der Waals surface area contributed by atoms with Crippen molar-refractivity contribution in [2.24, 2.45) is 0 Å². The van der Waals surface area contributed by atoms with Crippen LogP contribution < -0.4 is 4.90 Å². The van der Waals surface area contributed by atoms with Gasteiger partial charge >= 0.3 is 0 Å². The molecular weight excluding hydrogens is 263 g/mol. The van der Waals surface area contributed by atoms with Crippen molar-refractivity contribution in [2.45, 2.75) is 0 Å². The van der Waals surface area contributed by atoms with Crippen LogP contribution in [0.2, 0.25) is 0 Å². The minimum absolute atomic E-state index is 0.122. The molecule has 0 bridgehead atoms. The predicted molar refractivity (Wildman–Crippen MR) is 71.1 cm³/mol. The second-order valence-electron chi connectivity index (χ2n) is 4.85. The molecule has 0 saturated carbocycles. The molecule has 106 valence electrons. The Balaban J connectivity index is 1.83. The summed E-state index contributed by atoms with van der Waals surface area (Å²) in [5.41, 5.74) is 0.190. The van der Waals surface area contributed by atoms with E-state index in [9.17, 15) is 9.50 Å². The van der Waals surface area contributed by atoms with Crippen molar-refractivity contribution < 1.29 is 14.0 Å². The molecule has 1 aliphatic rings. The van der Waals surface area contributed by atoms with Gasteiger partial charge in [-0.1, -0.05) is 0 Å². The van der Waals surface area contributed by atoms with Gasteiger partial charge in [-0.3, -0.25) is 0 Å². The Morgan fingerprint density at radius 2 is 2.00 bits per heavy atom. The van der Waals surface area contributed by atoms with Gasteiger partial charge in [0.1, 0.15) is 11.6 Å². The smallest absolute Gasteiger partial charge is 0.266 e. The largest absolute Gasteiger partial charge is 0.508 e. The van der Waals surface area contributed by atoms with Crippen molar-refractivity contribution in [1.29, 1.82) is 0 Å². The zero-order valence-corrected chi connectivity index (χ0v) is 11.1. The van der Waals surface area contributed by atoms with Crippen LogP contribution in [-0.2, 0) is 0 Å². The molecule has 1 aliphatic heterocycles. The molecule has 0 aliphatic carbocycles. The van der Waals surface area contributed by atoms with Crippen LogP contribution in [-0.4, -0.2) is 53.4 Å². The highest BCUT2D eigenvalue weighted by Crippen LogP contribution is 2.26. The van der Waals surface area contributed by atoms with Crippen LogP contribution in [0, 0.1) is 5.82 Å². The average Bonchev–Trinajstić information content (AvgIpc) is 2.89. The maximum atomic E-state index is 13.7. The monoisotopic (exact) mass is 278 g/mol. The number of phenols is 1. The summed E-state index contributed by atoms with van der Waals surface area (Å²) >= 11 is 0. The lowest BCUT2D eigenvalue weighted by Crippen LogP contribution is -2.44. The van der Waals surface area contributed by atoms with Gasteiger partial charge in [-0.15, -0.1) is 0 Å². The highest BCUT2D eigenvalue weighted by molar-refractivity contribution is 5.56. The summed E-state index contributed by atoms with van der Waals surface area (Å²) < 4.78 is 18.8. The molecule has 1 saturated heterocycles. The van der Waals surface area contributed by atoms with Gasteiger partial charge in [0.25, 0.3) is 11.8 Å². The molecule has 0 unspecified atom stereocenters. The zero-order chi connectivity index (χ0) is 14.1. The quantitative estimate of drug-likeness (QED) is 0.894. The van der Waals surface area contributed by atoms with Gasteiger partial charge in [-0.2, -0.15) is 4.98 Å². The van der Waals surface area contributed by atoms with Gasteiger partial charge in [-0.05, 0) is 24.3 Å².